The Balaban J connectivity index is 0.00000288. The predicted molar refractivity (Wildman–Crippen MR) is 90.3 cm³/mol. The molecule has 0 spiro atoms. The molecule has 1 aromatic carbocycles. The molecule has 24 heavy (non-hydrogen) atoms. The second kappa shape index (κ2) is 10.1. The Morgan fingerprint density at radius 3 is 2.92 bits per heavy atom. The summed E-state index contributed by atoms with van der Waals surface area (Å²) in [5, 5.41) is 6.02. The number of ether oxygens (including phenoxy) is 3. The maximum absolute atomic E-state index is 12.2. The number of amides is 1. The van der Waals surface area contributed by atoms with E-state index in [-0.39, 0.29) is 37.1 Å². The third-order valence-corrected chi connectivity index (χ3v) is 3.55. The highest BCUT2D eigenvalue weighted by Crippen LogP contribution is 2.13. The summed E-state index contributed by atoms with van der Waals surface area (Å²) >= 11 is 0. The number of methoxy groups -OCH3 is 1. The van der Waals surface area contributed by atoms with E-state index in [1.807, 2.05) is 13.0 Å². The lowest BCUT2D eigenvalue weighted by Gasteiger charge is -2.29. The van der Waals surface area contributed by atoms with Gasteiger partial charge in [-0.05, 0) is 24.6 Å². The molecular weight excluding hydrogens is 336 g/mol. The Bertz CT molecular complexity index is 555. The van der Waals surface area contributed by atoms with Crippen LogP contribution in [0, 0.1) is 0 Å². The van der Waals surface area contributed by atoms with Gasteiger partial charge in [0, 0.05) is 13.1 Å². The number of carbonyl (C=O) groups excluding carboxylic acids is 2. The van der Waals surface area contributed by atoms with E-state index in [2.05, 4.69) is 15.4 Å². The Morgan fingerprint density at radius 1 is 1.42 bits per heavy atom. The maximum Gasteiger partial charge on any atom is 0.343 e. The Labute approximate surface area is 147 Å². The molecule has 7 nitrogen and oxygen atoms in total. The molecule has 8 heteroatoms. The van der Waals surface area contributed by atoms with Crippen molar-refractivity contribution < 1.29 is 23.8 Å². The Kier molecular flexibility index (Phi) is 8.53. The summed E-state index contributed by atoms with van der Waals surface area (Å²) in [7, 11) is 1.31. The van der Waals surface area contributed by atoms with Crippen LogP contribution >= 0.6 is 12.4 Å². The summed E-state index contributed by atoms with van der Waals surface area (Å²) in [6, 6.07) is 6.85. The first-order valence-electron chi connectivity index (χ1n) is 7.51. The van der Waals surface area contributed by atoms with Crippen LogP contribution in [-0.2, 0) is 25.6 Å². The number of morpholine rings is 1. The molecule has 2 N–H and O–H groups in total. The number of benzene rings is 1. The Morgan fingerprint density at radius 2 is 2.21 bits per heavy atom. The van der Waals surface area contributed by atoms with Gasteiger partial charge in [-0.25, -0.2) is 4.79 Å². The largest absolute Gasteiger partial charge is 0.482 e. The molecule has 0 bridgehead atoms. The van der Waals surface area contributed by atoms with E-state index in [1.165, 1.54) is 7.11 Å². The first-order chi connectivity index (χ1) is 11.1. The second-order valence-corrected chi connectivity index (χ2v) is 5.24. The van der Waals surface area contributed by atoms with Crippen LogP contribution in [0.3, 0.4) is 0 Å². The minimum atomic E-state index is -0.443. The van der Waals surface area contributed by atoms with Gasteiger partial charge in [-0.2, -0.15) is 0 Å². The minimum Gasteiger partial charge on any atom is -0.482 e. The average molecular weight is 359 g/mol. The molecule has 1 aliphatic rings. The van der Waals surface area contributed by atoms with Crippen molar-refractivity contribution in [1.29, 1.82) is 0 Å². The fourth-order valence-corrected chi connectivity index (χ4v) is 2.27. The van der Waals surface area contributed by atoms with Gasteiger partial charge >= 0.3 is 5.97 Å². The number of rotatable bonds is 6. The van der Waals surface area contributed by atoms with E-state index in [0.29, 0.717) is 25.4 Å². The van der Waals surface area contributed by atoms with Crippen LogP contribution in [0.25, 0.3) is 0 Å². The standard InChI is InChI=1S/C16H22N2O5.ClH/c1-11-15(17-6-7-22-11)16(20)18-9-12-4-3-5-13(8-12)23-10-14(19)21-2;/h3-5,8,11,15,17H,6-7,9-10H2,1-2H3,(H,18,20);1H/t11-,15+;/m1./s1. The zero-order chi connectivity index (χ0) is 16.7. The number of hydrogen-bond acceptors (Lipinski definition) is 6. The topological polar surface area (TPSA) is 85.9 Å². The number of halogens is 1. The van der Waals surface area contributed by atoms with Crippen molar-refractivity contribution in [2.24, 2.45) is 0 Å². The number of carbonyl (C=O) groups is 2. The van der Waals surface area contributed by atoms with Crippen LogP contribution in [0.4, 0.5) is 0 Å². The van der Waals surface area contributed by atoms with Crippen LogP contribution in [0.15, 0.2) is 24.3 Å². The predicted octanol–water partition coefficient (Wildman–Crippen LogP) is 0.653. The van der Waals surface area contributed by atoms with E-state index in [1.54, 1.807) is 18.2 Å². The van der Waals surface area contributed by atoms with Gasteiger partial charge in [-0.1, -0.05) is 12.1 Å². The minimum absolute atomic E-state index is 0. The molecule has 2 rings (SSSR count). The number of hydrogen-bond donors (Lipinski definition) is 2. The molecule has 0 aliphatic carbocycles. The molecular formula is C16H23ClN2O5. The SMILES string of the molecule is COC(=O)COc1cccc(CNC(=O)[C@H]2NCCO[C@@H]2C)c1.Cl. The van der Waals surface area contributed by atoms with Gasteiger partial charge in [-0.3, -0.25) is 4.79 Å². The van der Waals surface area contributed by atoms with Crippen molar-refractivity contribution >= 4 is 24.3 Å². The van der Waals surface area contributed by atoms with Crippen molar-refractivity contribution in [2.45, 2.75) is 25.6 Å². The summed E-state index contributed by atoms with van der Waals surface area (Å²) in [5.74, 6) is 0.00814. The maximum atomic E-state index is 12.2. The second-order valence-electron chi connectivity index (χ2n) is 5.24. The molecule has 0 saturated carbocycles. The van der Waals surface area contributed by atoms with E-state index >= 15 is 0 Å². The molecule has 1 saturated heterocycles. The van der Waals surface area contributed by atoms with Crippen LogP contribution < -0.4 is 15.4 Å². The van der Waals surface area contributed by atoms with Gasteiger partial charge in [-0.15, -0.1) is 12.4 Å². The van der Waals surface area contributed by atoms with Gasteiger partial charge in [0.05, 0.1) is 19.8 Å². The summed E-state index contributed by atoms with van der Waals surface area (Å²) in [6.45, 7) is 3.38. The van der Waals surface area contributed by atoms with Gasteiger partial charge < -0.3 is 24.8 Å². The summed E-state index contributed by atoms with van der Waals surface area (Å²) < 4.78 is 15.3. The fourth-order valence-electron chi connectivity index (χ4n) is 2.27. The van der Waals surface area contributed by atoms with E-state index < -0.39 is 5.97 Å². The first kappa shape index (κ1) is 20.2. The van der Waals surface area contributed by atoms with Crippen molar-refractivity contribution in [3.05, 3.63) is 29.8 Å². The molecule has 0 unspecified atom stereocenters. The zero-order valence-corrected chi connectivity index (χ0v) is 14.6. The quantitative estimate of drug-likeness (QED) is 0.726. The van der Waals surface area contributed by atoms with Crippen LogP contribution in [-0.4, -0.2) is 50.9 Å². The smallest absolute Gasteiger partial charge is 0.343 e. The van der Waals surface area contributed by atoms with Crippen molar-refractivity contribution in [2.75, 3.05) is 26.9 Å². The van der Waals surface area contributed by atoms with Crippen LogP contribution in [0.5, 0.6) is 5.75 Å². The first-order valence-corrected chi connectivity index (χ1v) is 7.51. The highest BCUT2D eigenvalue weighted by atomic mass is 35.5. The average Bonchev–Trinajstić information content (AvgIpc) is 2.58. The molecule has 1 fully saturated rings. The van der Waals surface area contributed by atoms with E-state index in [4.69, 9.17) is 9.47 Å². The summed E-state index contributed by atoms with van der Waals surface area (Å²) in [4.78, 5) is 23.2. The van der Waals surface area contributed by atoms with Crippen LogP contribution in [0.2, 0.25) is 0 Å². The van der Waals surface area contributed by atoms with Crippen molar-refractivity contribution in [1.82, 2.24) is 10.6 Å². The molecule has 1 aromatic rings. The molecule has 2 atom stereocenters. The molecule has 0 radical (unpaired) electrons. The van der Waals surface area contributed by atoms with E-state index in [0.717, 1.165) is 5.56 Å². The monoisotopic (exact) mass is 358 g/mol. The third-order valence-electron chi connectivity index (χ3n) is 3.55. The van der Waals surface area contributed by atoms with Crippen LogP contribution in [0.1, 0.15) is 12.5 Å². The highest BCUT2D eigenvalue weighted by Gasteiger charge is 2.27. The summed E-state index contributed by atoms with van der Waals surface area (Å²) in [5.41, 5.74) is 0.880. The van der Waals surface area contributed by atoms with Crippen molar-refractivity contribution in [3.63, 3.8) is 0 Å². The van der Waals surface area contributed by atoms with Gasteiger partial charge in [0.2, 0.25) is 5.91 Å². The molecule has 134 valence electrons. The van der Waals surface area contributed by atoms with E-state index in [9.17, 15) is 9.59 Å². The van der Waals surface area contributed by atoms with Crippen molar-refractivity contribution in [3.8, 4) is 5.75 Å². The number of nitrogens with one attached hydrogen (secondary N) is 2. The lowest BCUT2D eigenvalue weighted by molar-refractivity contribution is -0.142. The normalized spacial score (nSPS) is 19.8. The third kappa shape index (κ3) is 5.99. The summed E-state index contributed by atoms with van der Waals surface area (Å²) in [6.07, 6.45) is -0.154. The number of esters is 1. The van der Waals surface area contributed by atoms with Gasteiger partial charge in [0.1, 0.15) is 11.8 Å². The fraction of sp³-hybridized carbons (Fsp3) is 0.500. The Hall–Kier alpha value is -1.83. The lowest BCUT2D eigenvalue weighted by Crippen LogP contribution is -2.55. The highest BCUT2D eigenvalue weighted by molar-refractivity contribution is 5.85. The zero-order valence-electron chi connectivity index (χ0n) is 13.7. The molecule has 1 aliphatic heterocycles. The molecule has 1 amide bonds. The van der Waals surface area contributed by atoms with Gasteiger partial charge in [0.15, 0.2) is 6.61 Å². The lowest BCUT2D eigenvalue weighted by atomic mass is 10.1. The molecule has 0 aromatic heterocycles. The molecule has 1 heterocycles. The van der Waals surface area contributed by atoms with Gasteiger partial charge in [0.25, 0.3) is 0 Å².